The summed E-state index contributed by atoms with van der Waals surface area (Å²) in [5, 5.41) is 0. The van der Waals surface area contributed by atoms with Crippen molar-refractivity contribution in [2.75, 3.05) is 25.4 Å². The van der Waals surface area contributed by atoms with Crippen molar-refractivity contribution >= 4 is 5.82 Å². The minimum absolute atomic E-state index is 0.676. The van der Waals surface area contributed by atoms with E-state index in [1.807, 2.05) is 6.92 Å². The Labute approximate surface area is 90.5 Å². The standard InChI is InChI=1S/C11H18N4/c1-3-15-6-4-9-10(5-7-15)13-8(2)14-11(9)12/h3-7H2,1-2H3,(H2,12,13,14). The molecule has 0 radical (unpaired) electrons. The molecule has 1 aliphatic heterocycles. The van der Waals surface area contributed by atoms with Gasteiger partial charge in [0.1, 0.15) is 11.6 Å². The molecule has 0 aromatic carbocycles. The minimum Gasteiger partial charge on any atom is -0.383 e. The molecule has 0 bridgehead atoms. The molecule has 0 saturated heterocycles. The molecule has 0 unspecified atom stereocenters. The number of nitrogens with zero attached hydrogens (tertiary/aromatic N) is 3. The number of fused-ring (bicyclic) bond motifs is 1. The molecule has 2 N–H and O–H groups in total. The topological polar surface area (TPSA) is 55.0 Å². The molecule has 82 valence electrons. The third-order valence-electron chi connectivity index (χ3n) is 3.03. The third kappa shape index (κ3) is 2.09. The van der Waals surface area contributed by atoms with E-state index in [1.165, 1.54) is 0 Å². The molecule has 0 amide bonds. The lowest BCUT2D eigenvalue weighted by atomic mass is 10.1. The largest absolute Gasteiger partial charge is 0.383 e. The van der Waals surface area contributed by atoms with Gasteiger partial charge in [0.25, 0.3) is 0 Å². The van der Waals surface area contributed by atoms with Gasteiger partial charge in [-0.1, -0.05) is 6.92 Å². The van der Waals surface area contributed by atoms with Crippen LogP contribution >= 0.6 is 0 Å². The fraction of sp³-hybridized carbons (Fsp3) is 0.636. The summed E-state index contributed by atoms with van der Waals surface area (Å²) in [7, 11) is 0. The zero-order valence-corrected chi connectivity index (χ0v) is 9.45. The van der Waals surface area contributed by atoms with Crippen LogP contribution in [0.1, 0.15) is 24.0 Å². The van der Waals surface area contributed by atoms with E-state index in [1.54, 1.807) is 0 Å². The van der Waals surface area contributed by atoms with Gasteiger partial charge < -0.3 is 10.6 Å². The molecule has 4 nitrogen and oxygen atoms in total. The molecule has 15 heavy (non-hydrogen) atoms. The second kappa shape index (κ2) is 4.14. The number of hydrogen-bond donors (Lipinski definition) is 1. The molecule has 2 heterocycles. The van der Waals surface area contributed by atoms with Gasteiger partial charge in [0.2, 0.25) is 0 Å². The zero-order valence-electron chi connectivity index (χ0n) is 9.45. The molecule has 1 aliphatic rings. The highest BCUT2D eigenvalue weighted by Crippen LogP contribution is 2.18. The summed E-state index contributed by atoms with van der Waals surface area (Å²) in [5.74, 6) is 1.46. The fourth-order valence-electron chi connectivity index (χ4n) is 2.12. The molecule has 0 aliphatic carbocycles. The number of aromatic nitrogens is 2. The van der Waals surface area contributed by atoms with Crippen molar-refractivity contribution < 1.29 is 0 Å². The Morgan fingerprint density at radius 1 is 1.27 bits per heavy atom. The molecule has 0 atom stereocenters. The van der Waals surface area contributed by atoms with Gasteiger partial charge in [0.05, 0.1) is 5.69 Å². The Kier molecular flexibility index (Phi) is 2.86. The maximum atomic E-state index is 5.93. The minimum atomic E-state index is 0.676. The maximum absolute atomic E-state index is 5.93. The Hall–Kier alpha value is -1.16. The van der Waals surface area contributed by atoms with Gasteiger partial charge in [0, 0.05) is 25.1 Å². The first-order chi connectivity index (χ1) is 7.20. The van der Waals surface area contributed by atoms with Crippen LogP contribution in [0.4, 0.5) is 5.82 Å². The van der Waals surface area contributed by atoms with E-state index in [0.717, 1.165) is 49.6 Å². The van der Waals surface area contributed by atoms with E-state index in [-0.39, 0.29) is 0 Å². The van der Waals surface area contributed by atoms with Crippen LogP contribution in [0.15, 0.2) is 0 Å². The highest BCUT2D eigenvalue weighted by molar-refractivity contribution is 5.43. The number of nitrogen functional groups attached to an aromatic ring is 1. The van der Waals surface area contributed by atoms with Gasteiger partial charge in [0.15, 0.2) is 0 Å². The smallest absolute Gasteiger partial charge is 0.130 e. The van der Waals surface area contributed by atoms with Crippen LogP contribution in [-0.4, -0.2) is 34.5 Å². The number of likely N-dealkylation sites (N-methyl/N-ethyl adjacent to an activating group) is 1. The van der Waals surface area contributed by atoms with Crippen LogP contribution in [0.2, 0.25) is 0 Å². The molecule has 0 spiro atoms. The van der Waals surface area contributed by atoms with E-state index in [9.17, 15) is 0 Å². The first-order valence-electron chi connectivity index (χ1n) is 5.55. The Bertz CT molecular complexity index is 362. The Morgan fingerprint density at radius 2 is 2.00 bits per heavy atom. The van der Waals surface area contributed by atoms with Crippen molar-refractivity contribution in [2.45, 2.75) is 26.7 Å². The van der Waals surface area contributed by atoms with Crippen molar-refractivity contribution in [1.29, 1.82) is 0 Å². The SMILES string of the molecule is CCN1CCc2nc(C)nc(N)c2CC1. The van der Waals surface area contributed by atoms with E-state index in [4.69, 9.17) is 5.73 Å². The fourth-order valence-corrected chi connectivity index (χ4v) is 2.12. The second-order valence-corrected chi connectivity index (χ2v) is 4.02. The third-order valence-corrected chi connectivity index (χ3v) is 3.03. The maximum Gasteiger partial charge on any atom is 0.130 e. The van der Waals surface area contributed by atoms with Gasteiger partial charge in [-0.3, -0.25) is 0 Å². The molecule has 1 aromatic heterocycles. The lowest BCUT2D eigenvalue weighted by molar-refractivity contribution is 0.303. The van der Waals surface area contributed by atoms with Crippen molar-refractivity contribution in [3.05, 3.63) is 17.1 Å². The zero-order chi connectivity index (χ0) is 10.8. The predicted molar refractivity (Wildman–Crippen MR) is 60.7 cm³/mol. The highest BCUT2D eigenvalue weighted by atomic mass is 15.1. The monoisotopic (exact) mass is 206 g/mol. The van der Waals surface area contributed by atoms with Gasteiger partial charge in [-0.2, -0.15) is 0 Å². The van der Waals surface area contributed by atoms with E-state index < -0.39 is 0 Å². The van der Waals surface area contributed by atoms with Gasteiger partial charge >= 0.3 is 0 Å². The number of nitrogens with two attached hydrogens (primary N) is 1. The van der Waals surface area contributed by atoms with Crippen LogP contribution in [0.5, 0.6) is 0 Å². The molecule has 4 heteroatoms. The summed E-state index contributed by atoms with van der Waals surface area (Å²) in [5.41, 5.74) is 8.24. The summed E-state index contributed by atoms with van der Waals surface area (Å²) in [6.07, 6.45) is 1.98. The molecule has 0 fully saturated rings. The van der Waals surface area contributed by atoms with Crippen molar-refractivity contribution in [1.82, 2.24) is 14.9 Å². The van der Waals surface area contributed by atoms with Crippen LogP contribution in [0.25, 0.3) is 0 Å². The first-order valence-corrected chi connectivity index (χ1v) is 5.55. The average molecular weight is 206 g/mol. The van der Waals surface area contributed by atoms with Crippen LogP contribution in [0.3, 0.4) is 0 Å². The highest BCUT2D eigenvalue weighted by Gasteiger charge is 2.16. The number of aryl methyl sites for hydroxylation is 1. The number of anilines is 1. The van der Waals surface area contributed by atoms with Crippen LogP contribution < -0.4 is 5.73 Å². The quantitative estimate of drug-likeness (QED) is 0.738. The molecule has 0 saturated carbocycles. The molecular formula is C11H18N4. The van der Waals surface area contributed by atoms with Gasteiger partial charge in [-0.25, -0.2) is 9.97 Å². The van der Waals surface area contributed by atoms with Gasteiger partial charge in [-0.15, -0.1) is 0 Å². The van der Waals surface area contributed by atoms with Crippen molar-refractivity contribution in [3.8, 4) is 0 Å². The summed E-state index contributed by atoms with van der Waals surface area (Å²) in [4.78, 5) is 11.1. The summed E-state index contributed by atoms with van der Waals surface area (Å²) in [6, 6.07) is 0. The lowest BCUT2D eigenvalue weighted by Crippen LogP contribution is -2.25. The van der Waals surface area contributed by atoms with Gasteiger partial charge in [-0.05, 0) is 19.9 Å². The number of hydrogen-bond acceptors (Lipinski definition) is 4. The summed E-state index contributed by atoms with van der Waals surface area (Å²) >= 11 is 0. The van der Waals surface area contributed by atoms with Crippen LogP contribution in [-0.2, 0) is 12.8 Å². The Balaban J connectivity index is 2.31. The summed E-state index contributed by atoms with van der Waals surface area (Å²) < 4.78 is 0. The number of rotatable bonds is 1. The van der Waals surface area contributed by atoms with Crippen molar-refractivity contribution in [2.24, 2.45) is 0 Å². The second-order valence-electron chi connectivity index (χ2n) is 4.02. The predicted octanol–water partition coefficient (Wildman–Crippen LogP) is 0.788. The first kappa shape index (κ1) is 10.4. The van der Waals surface area contributed by atoms with Crippen LogP contribution in [0, 0.1) is 6.92 Å². The van der Waals surface area contributed by atoms with E-state index >= 15 is 0 Å². The normalized spacial score (nSPS) is 17.2. The lowest BCUT2D eigenvalue weighted by Gasteiger charge is -2.15. The summed E-state index contributed by atoms with van der Waals surface area (Å²) in [6.45, 7) is 7.34. The molecule has 1 aromatic rings. The van der Waals surface area contributed by atoms with E-state index in [0.29, 0.717) is 5.82 Å². The molecular weight excluding hydrogens is 188 g/mol. The van der Waals surface area contributed by atoms with Crippen molar-refractivity contribution in [3.63, 3.8) is 0 Å². The Morgan fingerprint density at radius 3 is 2.73 bits per heavy atom. The average Bonchev–Trinajstić information content (AvgIpc) is 2.40. The molecule has 2 rings (SSSR count). The van der Waals surface area contributed by atoms with E-state index in [2.05, 4.69) is 21.8 Å².